The summed E-state index contributed by atoms with van der Waals surface area (Å²) in [5.41, 5.74) is 7.69. The molecular weight excluding hydrogens is 264 g/mol. The zero-order valence-corrected chi connectivity index (χ0v) is 12.5. The molecule has 0 saturated carbocycles. The monoisotopic (exact) mass is 288 g/mol. The lowest BCUT2D eigenvalue weighted by Gasteiger charge is -2.21. The van der Waals surface area contributed by atoms with Gasteiger partial charge in [-0.15, -0.1) is 0 Å². The first-order valence-corrected chi connectivity index (χ1v) is 7.80. The summed E-state index contributed by atoms with van der Waals surface area (Å²) in [5.74, 6) is 0. The lowest BCUT2D eigenvalue weighted by Crippen LogP contribution is -2.44. The maximum absolute atomic E-state index is 12.2. The molecule has 3 rings (SSSR count). The Balaban J connectivity index is 1.58. The van der Waals surface area contributed by atoms with E-state index in [9.17, 15) is 4.79 Å². The lowest BCUT2D eigenvalue weighted by molar-refractivity contribution is 0.243. The predicted octanol–water partition coefficient (Wildman–Crippen LogP) is 2.06. The minimum absolute atomic E-state index is 0.0308. The molecule has 2 heterocycles. The molecule has 2 aliphatic rings. The Kier molecular flexibility index (Phi) is 4.12. The molecule has 2 amide bonds. The fraction of sp³-hybridized carbons (Fsp3) is 0.562. The summed E-state index contributed by atoms with van der Waals surface area (Å²) in [6.45, 7) is 4.23. The number of fused-ring (bicyclic) bond motifs is 1. The SMILES string of the molecule is CC(N)c1cccc(NC(=O)NC2CCN3CCCC23)c1. The second-order valence-corrected chi connectivity index (χ2v) is 6.15. The molecule has 4 N–H and O–H groups in total. The molecular formula is C16H24N4O. The molecule has 0 radical (unpaired) electrons. The van der Waals surface area contributed by atoms with Gasteiger partial charge in [0.2, 0.25) is 0 Å². The zero-order chi connectivity index (χ0) is 14.8. The number of nitrogens with two attached hydrogens (primary N) is 1. The van der Waals surface area contributed by atoms with Crippen LogP contribution >= 0.6 is 0 Å². The number of nitrogens with zero attached hydrogens (tertiary/aromatic N) is 1. The van der Waals surface area contributed by atoms with E-state index in [1.807, 2.05) is 31.2 Å². The van der Waals surface area contributed by atoms with E-state index in [2.05, 4.69) is 15.5 Å². The van der Waals surface area contributed by atoms with Gasteiger partial charge >= 0.3 is 6.03 Å². The Bertz CT molecular complexity index is 517. The highest BCUT2D eigenvalue weighted by Gasteiger charge is 2.37. The van der Waals surface area contributed by atoms with E-state index < -0.39 is 0 Å². The average molecular weight is 288 g/mol. The number of amides is 2. The number of carbonyl (C=O) groups is 1. The van der Waals surface area contributed by atoms with Crippen LogP contribution in [0.4, 0.5) is 10.5 Å². The zero-order valence-electron chi connectivity index (χ0n) is 12.5. The van der Waals surface area contributed by atoms with Crippen molar-refractivity contribution in [3.05, 3.63) is 29.8 Å². The molecule has 0 aromatic heterocycles. The van der Waals surface area contributed by atoms with Gasteiger partial charge in [-0.25, -0.2) is 4.79 Å². The van der Waals surface area contributed by atoms with Crippen LogP contribution in [0.2, 0.25) is 0 Å². The maximum atomic E-state index is 12.2. The summed E-state index contributed by atoms with van der Waals surface area (Å²) < 4.78 is 0. The van der Waals surface area contributed by atoms with Crippen LogP contribution in [0, 0.1) is 0 Å². The number of hydrogen-bond donors (Lipinski definition) is 3. The number of urea groups is 1. The molecule has 114 valence electrons. The van der Waals surface area contributed by atoms with Crippen LogP contribution in [0.25, 0.3) is 0 Å². The standard InChI is InChI=1S/C16H24N4O/c1-11(17)12-4-2-5-13(10-12)18-16(21)19-14-7-9-20-8-3-6-15(14)20/h2,4-5,10-11,14-15H,3,6-9,17H2,1H3,(H2,18,19,21). The van der Waals surface area contributed by atoms with Crippen LogP contribution in [0.5, 0.6) is 0 Å². The number of nitrogens with one attached hydrogen (secondary N) is 2. The van der Waals surface area contributed by atoms with Crippen LogP contribution in [-0.4, -0.2) is 36.1 Å². The first-order chi connectivity index (χ1) is 10.1. The lowest BCUT2D eigenvalue weighted by atomic mass is 10.1. The van der Waals surface area contributed by atoms with Crippen molar-refractivity contribution in [2.24, 2.45) is 5.73 Å². The van der Waals surface area contributed by atoms with Crippen LogP contribution in [0.3, 0.4) is 0 Å². The third-order valence-corrected chi connectivity index (χ3v) is 4.59. The van der Waals surface area contributed by atoms with Gasteiger partial charge in [0, 0.05) is 30.4 Å². The van der Waals surface area contributed by atoms with Gasteiger partial charge < -0.3 is 16.4 Å². The smallest absolute Gasteiger partial charge is 0.319 e. The Morgan fingerprint density at radius 1 is 1.38 bits per heavy atom. The third-order valence-electron chi connectivity index (χ3n) is 4.59. The molecule has 2 aliphatic heterocycles. The Morgan fingerprint density at radius 3 is 3.05 bits per heavy atom. The van der Waals surface area contributed by atoms with Gasteiger partial charge in [-0.1, -0.05) is 12.1 Å². The number of hydrogen-bond acceptors (Lipinski definition) is 3. The topological polar surface area (TPSA) is 70.4 Å². The fourth-order valence-corrected chi connectivity index (χ4v) is 3.49. The normalized spacial score (nSPS) is 26.4. The summed E-state index contributed by atoms with van der Waals surface area (Å²) in [7, 11) is 0. The Morgan fingerprint density at radius 2 is 2.24 bits per heavy atom. The van der Waals surface area contributed by atoms with Crippen molar-refractivity contribution in [2.45, 2.75) is 44.3 Å². The number of benzene rings is 1. The maximum Gasteiger partial charge on any atom is 0.319 e. The van der Waals surface area contributed by atoms with Gasteiger partial charge in [0.1, 0.15) is 0 Å². The van der Waals surface area contributed by atoms with Crippen molar-refractivity contribution in [3.8, 4) is 0 Å². The minimum atomic E-state index is -0.115. The van der Waals surface area contributed by atoms with Crippen molar-refractivity contribution < 1.29 is 4.79 Å². The molecule has 1 aromatic carbocycles. The van der Waals surface area contributed by atoms with Gasteiger partial charge in [-0.05, 0) is 50.4 Å². The fourth-order valence-electron chi connectivity index (χ4n) is 3.49. The molecule has 0 aliphatic carbocycles. The van der Waals surface area contributed by atoms with E-state index in [1.165, 1.54) is 19.4 Å². The Labute approximate surface area is 125 Å². The van der Waals surface area contributed by atoms with E-state index in [0.717, 1.165) is 24.2 Å². The average Bonchev–Trinajstić information content (AvgIpc) is 3.04. The van der Waals surface area contributed by atoms with Crippen LogP contribution in [-0.2, 0) is 0 Å². The summed E-state index contributed by atoms with van der Waals surface area (Å²) >= 11 is 0. The molecule has 5 heteroatoms. The molecule has 0 bridgehead atoms. The predicted molar refractivity (Wildman–Crippen MR) is 84.2 cm³/mol. The largest absolute Gasteiger partial charge is 0.334 e. The van der Waals surface area contributed by atoms with E-state index >= 15 is 0 Å². The van der Waals surface area contributed by atoms with E-state index in [4.69, 9.17) is 5.73 Å². The molecule has 2 saturated heterocycles. The van der Waals surface area contributed by atoms with Crippen molar-refractivity contribution in [1.29, 1.82) is 0 Å². The van der Waals surface area contributed by atoms with Crippen LogP contribution in [0.1, 0.15) is 37.8 Å². The van der Waals surface area contributed by atoms with E-state index in [-0.39, 0.29) is 18.1 Å². The van der Waals surface area contributed by atoms with Crippen molar-refractivity contribution in [1.82, 2.24) is 10.2 Å². The minimum Gasteiger partial charge on any atom is -0.334 e. The summed E-state index contributed by atoms with van der Waals surface area (Å²) in [4.78, 5) is 14.7. The van der Waals surface area contributed by atoms with Gasteiger partial charge in [0.15, 0.2) is 0 Å². The molecule has 3 atom stereocenters. The molecule has 0 spiro atoms. The number of carbonyl (C=O) groups excluding carboxylic acids is 1. The third kappa shape index (κ3) is 3.19. The van der Waals surface area contributed by atoms with Gasteiger partial charge in [-0.3, -0.25) is 4.90 Å². The van der Waals surface area contributed by atoms with Crippen molar-refractivity contribution >= 4 is 11.7 Å². The van der Waals surface area contributed by atoms with Crippen molar-refractivity contribution in [2.75, 3.05) is 18.4 Å². The summed E-state index contributed by atoms with van der Waals surface area (Å²) in [5, 5.41) is 6.04. The molecule has 5 nitrogen and oxygen atoms in total. The summed E-state index contributed by atoms with van der Waals surface area (Å²) in [6, 6.07) is 8.38. The Hall–Kier alpha value is -1.59. The highest BCUT2D eigenvalue weighted by atomic mass is 16.2. The molecule has 3 unspecified atom stereocenters. The molecule has 1 aromatic rings. The second-order valence-electron chi connectivity index (χ2n) is 6.15. The van der Waals surface area contributed by atoms with E-state index in [1.54, 1.807) is 0 Å². The first kappa shape index (κ1) is 14.4. The van der Waals surface area contributed by atoms with Gasteiger partial charge in [-0.2, -0.15) is 0 Å². The molecule has 2 fully saturated rings. The quantitative estimate of drug-likeness (QED) is 0.797. The highest BCUT2D eigenvalue weighted by molar-refractivity contribution is 5.89. The first-order valence-electron chi connectivity index (χ1n) is 7.80. The van der Waals surface area contributed by atoms with Crippen molar-refractivity contribution in [3.63, 3.8) is 0 Å². The van der Waals surface area contributed by atoms with Gasteiger partial charge in [0.05, 0.1) is 0 Å². The van der Waals surface area contributed by atoms with Crippen LogP contribution < -0.4 is 16.4 Å². The second kappa shape index (κ2) is 6.03. The van der Waals surface area contributed by atoms with Crippen LogP contribution in [0.15, 0.2) is 24.3 Å². The highest BCUT2D eigenvalue weighted by Crippen LogP contribution is 2.27. The number of anilines is 1. The van der Waals surface area contributed by atoms with Gasteiger partial charge in [0.25, 0.3) is 0 Å². The van der Waals surface area contributed by atoms with E-state index in [0.29, 0.717) is 6.04 Å². The summed E-state index contributed by atoms with van der Waals surface area (Å²) in [6.07, 6.45) is 3.50. The number of rotatable bonds is 3. The molecule has 21 heavy (non-hydrogen) atoms.